The highest BCUT2D eigenvalue weighted by molar-refractivity contribution is 6.31. The van der Waals surface area contributed by atoms with Gasteiger partial charge in [0.05, 0.1) is 19.7 Å². The Kier molecular flexibility index (Phi) is 7.15. The smallest absolute Gasteiger partial charge is 0.433 e. The Bertz CT molecular complexity index is 1210. The van der Waals surface area contributed by atoms with Crippen LogP contribution in [0.4, 0.5) is 18.9 Å². The molecule has 0 atom stereocenters. The minimum atomic E-state index is -4.57. The van der Waals surface area contributed by atoms with E-state index in [2.05, 4.69) is 25.6 Å². The number of carbonyl (C=O) groups is 1. The first kappa shape index (κ1) is 24.8. The fraction of sp³-hybridized carbons (Fsp3) is 0.391. The van der Waals surface area contributed by atoms with Crippen LogP contribution in [0, 0.1) is 0 Å². The molecule has 1 aliphatic carbocycles. The molecule has 0 radical (unpaired) electrons. The van der Waals surface area contributed by atoms with E-state index in [-0.39, 0.29) is 41.1 Å². The zero-order valence-electron chi connectivity index (χ0n) is 18.9. The number of nitrogens with zero attached hydrogens (tertiary/aromatic N) is 3. The number of amides is 1. The van der Waals surface area contributed by atoms with Crippen molar-refractivity contribution in [3.8, 4) is 11.9 Å². The molecule has 8 nitrogen and oxygen atoms in total. The topological polar surface area (TPSA) is 98.3 Å². The zero-order valence-corrected chi connectivity index (χ0v) is 19.7. The van der Waals surface area contributed by atoms with E-state index >= 15 is 0 Å². The number of nitrogens with one attached hydrogen (secondary N) is 2. The van der Waals surface area contributed by atoms with Crippen LogP contribution in [0.15, 0.2) is 30.3 Å². The van der Waals surface area contributed by atoms with E-state index in [4.69, 9.17) is 21.1 Å². The van der Waals surface area contributed by atoms with Gasteiger partial charge in [-0.3, -0.25) is 4.79 Å². The average molecular weight is 510 g/mol. The Hall–Kier alpha value is -3.34. The second-order valence-electron chi connectivity index (χ2n) is 8.16. The van der Waals surface area contributed by atoms with E-state index in [1.165, 1.54) is 32.4 Å². The van der Waals surface area contributed by atoms with Crippen molar-refractivity contribution in [2.75, 3.05) is 19.5 Å². The highest BCUT2D eigenvalue weighted by Crippen LogP contribution is 2.35. The monoisotopic (exact) mass is 509 g/mol. The summed E-state index contributed by atoms with van der Waals surface area (Å²) in [5.41, 5.74) is -0.305. The molecular formula is C23H23ClF3N5O3. The van der Waals surface area contributed by atoms with Crippen molar-refractivity contribution in [3.63, 3.8) is 0 Å². The molecular weight excluding hydrogens is 487 g/mol. The van der Waals surface area contributed by atoms with Crippen LogP contribution in [0.25, 0.3) is 10.9 Å². The molecule has 0 bridgehead atoms. The highest BCUT2D eigenvalue weighted by atomic mass is 35.5. The van der Waals surface area contributed by atoms with Crippen molar-refractivity contribution in [2.45, 2.75) is 43.9 Å². The third-order valence-electron chi connectivity index (χ3n) is 5.79. The maximum absolute atomic E-state index is 13.4. The minimum Gasteiger partial charge on any atom is -0.481 e. The first-order valence-electron chi connectivity index (χ1n) is 10.9. The first-order valence-corrected chi connectivity index (χ1v) is 11.3. The summed E-state index contributed by atoms with van der Waals surface area (Å²) in [5.74, 6) is -0.178. The summed E-state index contributed by atoms with van der Waals surface area (Å²) in [4.78, 5) is 24.4. The number of anilines is 1. The molecule has 1 amide bonds. The summed E-state index contributed by atoms with van der Waals surface area (Å²) in [7, 11) is 2.82. The van der Waals surface area contributed by atoms with Gasteiger partial charge in [0, 0.05) is 34.2 Å². The van der Waals surface area contributed by atoms with Crippen LogP contribution in [0.3, 0.4) is 0 Å². The third-order valence-corrected chi connectivity index (χ3v) is 6.02. The van der Waals surface area contributed by atoms with Crippen LogP contribution in [-0.2, 0) is 6.18 Å². The molecule has 1 saturated carbocycles. The van der Waals surface area contributed by atoms with E-state index in [9.17, 15) is 18.0 Å². The van der Waals surface area contributed by atoms with Crippen LogP contribution >= 0.6 is 11.6 Å². The fourth-order valence-corrected chi connectivity index (χ4v) is 4.21. The normalized spacial score (nSPS) is 18.2. The summed E-state index contributed by atoms with van der Waals surface area (Å²) in [5, 5.41) is 7.11. The van der Waals surface area contributed by atoms with E-state index in [1.807, 2.05) is 0 Å². The molecule has 0 spiro atoms. The molecule has 0 unspecified atom stereocenters. The van der Waals surface area contributed by atoms with Crippen molar-refractivity contribution in [1.82, 2.24) is 20.3 Å². The molecule has 3 aromatic rings. The van der Waals surface area contributed by atoms with Gasteiger partial charge in [-0.05, 0) is 49.9 Å². The Labute approximate surface area is 204 Å². The van der Waals surface area contributed by atoms with Gasteiger partial charge < -0.3 is 20.1 Å². The second kappa shape index (κ2) is 10.1. The molecule has 12 heteroatoms. The summed E-state index contributed by atoms with van der Waals surface area (Å²) >= 11 is 6.08. The molecule has 2 aromatic heterocycles. The Morgan fingerprint density at radius 1 is 1.00 bits per heavy atom. The molecule has 0 aliphatic heterocycles. The van der Waals surface area contributed by atoms with Gasteiger partial charge in [-0.1, -0.05) is 11.6 Å². The molecule has 1 fully saturated rings. The maximum atomic E-state index is 13.4. The van der Waals surface area contributed by atoms with E-state index in [0.717, 1.165) is 6.07 Å². The molecule has 1 aromatic carbocycles. The van der Waals surface area contributed by atoms with Crippen LogP contribution in [-0.4, -0.2) is 47.2 Å². The SMILES string of the molecule is COc1cc(C(=O)NC2CCC(Nc3cc(C(F)(F)F)nc4ccc(Cl)cc34)CC2)nc(OC)n1. The van der Waals surface area contributed by atoms with Crippen molar-refractivity contribution in [3.05, 3.63) is 46.7 Å². The van der Waals surface area contributed by atoms with Gasteiger partial charge >= 0.3 is 12.2 Å². The summed E-state index contributed by atoms with van der Waals surface area (Å²) < 4.78 is 50.2. The van der Waals surface area contributed by atoms with Crippen LogP contribution in [0.2, 0.25) is 5.02 Å². The Balaban J connectivity index is 1.43. The van der Waals surface area contributed by atoms with Gasteiger partial charge in [0.15, 0.2) is 0 Å². The van der Waals surface area contributed by atoms with Gasteiger partial charge in [0.25, 0.3) is 5.91 Å². The molecule has 0 saturated heterocycles. The standard InChI is InChI=1S/C23H23ClF3N5O3/c1-34-20-11-18(31-22(32-20)35-2)21(33)29-14-6-4-13(5-7-14)28-17-10-19(23(25,26)27)30-16-8-3-12(24)9-15(16)17/h3,8-11,13-14H,4-7H2,1-2H3,(H,28,30)(H,29,33). The molecule has 4 rings (SSSR count). The quantitative estimate of drug-likeness (QED) is 0.489. The number of benzene rings is 1. The second-order valence-corrected chi connectivity index (χ2v) is 8.60. The minimum absolute atomic E-state index is 0.0188. The van der Waals surface area contributed by atoms with Gasteiger partial charge in [-0.2, -0.15) is 23.1 Å². The fourth-order valence-electron chi connectivity index (χ4n) is 4.04. The van der Waals surface area contributed by atoms with Gasteiger partial charge in [0.2, 0.25) is 5.88 Å². The summed E-state index contributed by atoms with van der Waals surface area (Å²) in [6, 6.07) is 6.85. The number of pyridine rings is 1. The third kappa shape index (κ3) is 5.84. The zero-order chi connectivity index (χ0) is 25.2. The van der Waals surface area contributed by atoms with Gasteiger partial charge in [-0.25, -0.2) is 4.98 Å². The number of carbonyl (C=O) groups excluding carboxylic acids is 1. The van der Waals surface area contributed by atoms with Crippen LogP contribution < -0.4 is 20.1 Å². The first-order chi connectivity index (χ1) is 16.7. The number of ether oxygens (including phenoxy) is 2. The summed E-state index contributed by atoms with van der Waals surface area (Å²) in [6.45, 7) is 0. The Morgan fingerprint density at radius 2 is 1.71 bits per heavy atom. The molecule has 2 heterocycles. The molecule has 1 aliphatic rings. The number of hydrogen-bond acceptors (Lipinski definition) is 7. The molecule has 2 N–H and O–H groups in total. The number of methoxy groups -OCH3 is 2. The van der Waals surface area contributed by atoms with Gasteiger partial charge in [-0.15, -0.1) is 0 Å². The highest BCUT2D eigenvalue weighted by Gasteiger charge is 2.34. The molecule has 35 heavy (non-hydrogen) atoms. The lowest BCUT2D eigenvalue weighted by Gasteiger charge is -2.30. The number of halogens is 4. The van der Waals surface area contributed by atoms with E-state index in [0.29, 0.717) is 41.8 Å². The van der Waals surface area contributed by atoms with E-state index < -0.39 is 11.9 Å². The van der Waals surface area contributed by atoms with E-state index in [1.54, 1.807) is 6.07 Å². The number of alkyl halides is 3. The van der Waals surface area contributed by atoms with Crippen molar-refractivity contribution >= 4 is 34.1 Å². The largest absolute Gasteiger partial charge is 0.481 e. The number of aromatic nitrogens is 3. The lowest BCUT2D eigenvalue weighted by atomic mass is 9.90. The number of hydrogen-bond donors (Lipinski definition) is 2. The number of rotatable bonds is 6. The van der Waals surface area contributed by atoms with Crippen LogP contribution in [0.5, 0.6) is 11.9 Å². The average Bonchev–Trinajstić information content (AvgIpc) is 2.84. The van der Waals surface area contributed by atoms with Crippen molar-refractivity contribution in [2.24, 2.45) is 0 Å². The maximum Gasteiger partial charge on any atom is 0.433 e. The summed E-state index contributed by atoms with van der Waals surface area (Å²) in [6.07, 6.45) is -2.00. The van der Waals surface area contributed by atoms with Crippen LogP contribution in [0.1, 0.15) is 41.9 Å². The van der Waals surface area contributed by atoms with Crippen molar-refractivity contribution < 1.29 is 27.4 Å². The predicted molar refractivity (Wildman–Crippen MR) is 124 cm³/mol. The lowest BCUT2D eigenvalue weighted by Crippen LogP contribution is -2.40. The molecule has 186 valence electrons. The Morgan fingerprint density at radius 3 is 2.37 bits per heavy atom. The lowest BCUT2D eigenvalue weighted by molar-refractivity contribution is -0.140. The number of fused-ring (bicyclic) bond motifs is 1. The van der Waals surface area contributed by atoms with Crippen molar-refractivity contribution in [1.29, 1.82) is 0 Å². The van der Waals surface area contributed by atoms with Gasteiger partial charge in [0.1, 0.15) is 11.4 Å². The predicted octanol–water partition coefficient (Wildman–Crippen LogP) is 4.87.